The Morgan fingerprint density at radius 3 is 2.82 bits per heavy atom. The van der Waals surface area contributed by atoms with Crippen LogP contribution in [0.2, 0.25) is 0 Å². The maximum Gasteiger partial charge on any atom is 0.226 e. The summed E-state index contributed by atoms with van der Waals surface area (Å²) in [6, 6.07) is 7.95. The van der Waals surface area contributed by atoms with Gasteiger partial charge in [0.25, 0.3) is 0 Å². The van der Waals surface area contributed by atoms with E-state index in [1.54, 1.807) is 11.3 Å². The molecule has 0 fully saturated rings. The summed E-state index contributed by atoms with van der Waals surface area (Å²) in [6.07, 6.45) is 0.287. The SMILES string of the molecule is C[C@@H](CN)NC(=O)Cc1csc(-c2cccc(Br)c2)n1.Cl.Cl. The predicted molar refractivity (Wildman–Crippen MR) is 100 cm³/mol. The molecule has 0 saturated heterocycles. The molecule has 0 aliphatic carbocycles. The Balaban J connectivity index is 0.00000220. The topological polar surface area (TPSA) is 68.0 Å². The van der Waals surface area contributed by atoms with Crippen molar-refractivity contribution in [2.24, 2.45) is 5.73 Å². The summed E-state index contributed by atoms with van der Waals surface area (Å²) in [5.41, 5.74) is 7.31. The van der Waals surface area contributed by atoms with Crippen LogP contribution in [0.15, 0.2) is 34.1 Å². The second-order valence-electron chi connectivity index (χ2n) is 4.54. The number of hydrogen-bond donors (Lipinski definition) is 2. The molecule has 4 nitrogen and oxygen atoms in total. The fourth-order valence-electron chi connectivity index (χ4n) is 1.69. The first-order chi connectivity index (χ1) is 9.58. The lowest BCUT2D eigenvalue weighted by molar-refractivity contribution is -0.121. The Morgan fingerprint density at radius 1 is 1.45 bits per heavy atom. The van der Waals surface area contributed by atoms with E-state index in [1.165, 1.54) is 0 Å². The van der Waals surface area contributed by atoms with Crippen LogP contribution in [-0.2, 0) is 11.2 Å². The van der Waals surface area contributed by atoms with E-state index in [9.17, 15) is 4.79 Å². The van der Waals surface area contributed by atoms with Gasteiger partial charge in [-0.15, -0.1) is 36.2 Å². The van der Waals surface area contributed by atoms with Gasteiger partial charge >= 0.3 is 0 Å². The standard InChI is InChI=1S/C14H16BrN3OS.2ClH/c1-9(7-16)17-13(19)6-12-8-20-14(18-12)10-3-2-4-11(15)5-10;;/h2-5,8-9H,6-7,16H2,1H3,(H,17,19);2*1H/t9-;;/m0../s1. The average Bonchev–Trinajstić information content (AvgIpc) is 2.87. The number of halogens is 3. The minimum Gasteiger partial charge on any atom is -0.352 e. The number of benzene rings is 1. The number of nitrogens with zero attached hydrogens (tertiary/aromatic N) is 1. The number of aromatic nitrogens is 1. The Morgan fingerprint density at radius 2 is 2.18 bits per heavy atom. The zero-order valence-corrected chi connectivity index (χ0v) is 15.9. The van der Waals surface area contributed by atoms with Crippen LogP contribution in [0.4, 0.5) is 0 Å². The zero-order chi connectivity index (χ0) is 14.5. The first-order valence-electron chi connectivity index (χ1n) is 6.28. The summed E-state index contributed by atoms with van der Waals surface area (Å²) in [5.74, 6) is -0.0472. The van der Waals surface area contributed by atoms with Crippen LogP contribution in [0.1, 0.15) is 12.6 Å². The number of amides is 1. The summed E-state index contributed by atoms with van der Waals surface area (Å²) in [6.45, 7) is 2.32. The molecule has 22 heavy (non-hydrogen) atoms. The van der Waals surface area contributed by atoms with Crippen LogP contribution in [0.5, 0.6) is 0 Å². The molecule has 0 bridgehead atoms. The normalized spacial score (nSPS) is 11.0. The van der Waals surface area contributed by atoms with Gasteiger partial charge in [0.1, 0.15) is 5.01 Å². The molecule has 0 aliphatic heterocycles. The fraction of sp³-hybridized carbons (Fsp3) is 0.286. The molecule has 0 aliphatic rings. The second-order valence-corrected chi connectivity index (χ2v) is 6.31. The lowest BCUT2D eigenvalue weighted by Gasteiger charge is -2.09. The Bertz CT molecular complexity index is 609. The summed E-state index contributed by atoms with van der Waals surface area (Å²) in [4.78, 5) is 16.3. The van der Waals surface area contributed by atoms with E-state index in [1.807, 2.05) is 36.6 Å². The molecule has 8 heteroatoms. The van der Waals surface area contributed by atoms with Crippen molar-refractivity contribution in [3.8, 4) is 10.6 Å². The smallest absolute Gasteiger partial charge is 0.226 e. The van der Waals surface area contributed by atoms with Crippen molar-refractivity contribution < 1.29 is 4.79 Å². The number of hydrogen-bond acceptors (Lipinski definition) is 4. The molecule has 1 heterocycles. The summed E-state index contributed by atoms with van der Waals surface area (Å²) in [5, 5.41) is 5.67. The van der Waals surface area contributed by atoms with Gasteiger partial charge in [-0.1, -0.05) is 28.1 Å². The van der Waals surface area contributed by atoms with E-state index >= 15 is 0 Å². The van der Waals surface area contributed by atoms with Gasteiger partial charge in [0.05, 0.1) is 12.1 Å². The lowest BCUT2D eigenvalue weighted by Crippen LogP contribution is -2.38. The lowest BCUT2D eigenvalue weighted by atomic mass is 10.2. The maximum atomic E-state index is 11.8. The third-order valence-electron chi connectivity index (χ3n) is 2.73. The highest BCUT2D eigenvalue weighted by Gasteiger charge is 2.10. The molecule has 2 aromatic rings. The number of carbonyl (C=O) groups is 1. The monoisotopic (exact) mass is 425 g/mol. The molecule has 2 rings (SSSR count). The van der Waals surface area contributed by atoms with E-state index in [2.05, 4.69) is 26.2 Å². The quantitative estimate of drug-likeness (QED) is 0.769. The van der Waals surface area contributed by atoms with Gasteiger partial charge in [-0.05, 0) is 19.1 Å². The van der Waals surface area contributed by atoms with Crippen molar-refractivity contribution >= 4 is 58.0 Å². The zero-order valence-electron chi connectivity index (χ0n) is 11.9. The highest BCUT2D eigenvalue weighted by molar-refractivity contribution is 9.10. The molecule has 0 spiro atoms. The Hall–Kier alpha value is -0.660. The van der Waals surface area contributed by atoms with Gasteiger partial charge < -0.3 is 11.1 Å². The molecule has 3 N–H and O–H groups in total. The van der Waals surface area contributed by atoms with Crippen LogP contribution >= 0.6 is 52.1 Å². The van der Waals surface area contributed by atoms with Crippen LogP contribution < -0.4 is 11.1 Å². The second kappa shape index (κ2) is 10.2. The van der Waals surface area contributed by atoms with Crippen molar-refractivity contribution in [3.05, 3.63) is 39.8 Å². The highest BCUT2D eigenvalue weighted by Crippen LogP contribution is 2.26. The first-order valence-corrected chi connectivity index (χ1v) is 7.95. The summed E-state index contributed by atoms with van der Waals surface area (Å²) in [7, 11) is 0. The van der Waals surface area contributed by atoms with E-state index < -0.39 is 0 Å². The summed E-state index contributed by atoms with van der Waals surface area (Å²) < 4.78 is 1.02. The highest BCUT2D eigenvalue weighted by atomic mass is 79.9. The molecule has 1 aromatic carbocycles. The van der Waals surface area contributed by atoms with Gasteiger partial charge in [0.2, 0.25) is 5.91 Å². The Labute approximate surface area is 154 Å². The van der Waals surface area contributed by atoms with Gasteiger partial charge in [0, 0.05) is 28.0 Å². The molecule has 1 aromatic heterocycles. The molecular weight excluding hydrogens is 409 g/mol. The molecule has 122 valence electrons. The molecule has 1 amide bonds. The average molecular weight is 427 g/mol. The fourth-order valence-corrected chi connectivity index (χ4v) is 2.91. The number of thiazole rings is 1. The number of nitrogens with two attached hydrogens (primary N) is 1. The van der Waals surface area contributed by atoms with Gasteiger partial charge in [-0.25, -0.2) is 4.98 Å². The Kier molecular flexibility index (Phi) is 9.87. The van der Waals surface area contributed by atoms with Gasteiger partial charge in [-0.3, -0.25) is 4.79 Å². The third-order valence-corrected chi connectivity index (χ3v) is 4.16. The van der Waals surface area contributed by atoms with Crippen molar-refractivity contribution in [2.45, 2.75) is 19.4 Å². The third kappa shape index (κ3) is 6.22. The largest absolute Gasteiger partial charge is 0.352 e. The number of carbonyl (C=O) groups excluding carboxylic acids is 1. The van der Waals surface area contributed by atoms with Crippen molar-refractivity contribution in [3.63, 3.8) is 0 Å². The van der Waals surface area contributed by atoms with E-state index in [0.717, 1.165) is 20.7 Å². The van der Waals surface area contributed by atoms with Crippen LogP contribution in [0.25, 0.3) is 10.6 Å². The minimum atomic E-state index is -0.0472. The molecule has 0 radical (unpaired) electrons. The van der Waals surface area contributed by atoms with Crippen LogP contribution in [-0.4, -0.2) is 23.5 Å². The maximum absolute atomic E-state index is 11.8. The molecule has 0 saturated carbocycles. The number of rotatable bonds is 5. The molecule has 1 atom stereocenters. The predicted octanol–water partition coefficient (Wildman–Crippen LogP) is 3.42. The van der Waals surface area contributed by atoms with E-state index in [0.29, 0.717) is 6.54 Å². The molecule has 0 unspecified atom stereocenters. The van der Waals surface area contributed by atoms with E-state index in [-0.39, 0.29) is 43.2 Å². The van der Waals surface area contributed by atoms with E-state index in [4.69, 9.17) is 5.73 Å². The summed E-state index contributed by atoms with van der Waals surface area (Å²) >= 11 is 4.98. The first kappa shape index (κ1) is 21.3. The van der Waals surface area contributed by atoms with Gasteiger partial charge in [0.15, 0.2) is 0 Å². The minimum absolute atomic E-state index is 0. The van der Waals surface area contributed by atoms with Crippen LogP contribution in [0.3, 0.4) is 0 Å². The van der Waals surface area contributed by atoms with Crippen molar-refractivity contribution in [1.82, 2.24) is 10.3 Å². The molecular formula is C14H18BrCl2N3OS. The van der Waals surface area contributed by atoms with Crippen molar-refractivity contribution in [1.29, 1.82) is 0 Å². The van der Waals surface area contributed by atoms with Crippen molar-refractivity contribution in [2.75, 3.05) is 6.54 Å². The van der Waals surface area contributed by atoms with Crippen LogP contribution in [0, 0.1) is 0 Å². The van der Waals surface area contributed by atoms with Gasteiger partial charge in [-0.2, -0.15) is 0 Å². The number of nitrogens with one attached hydrogen (secondary N) is 1.